The molecule has 0 atom stereocenters. The summed E-state index contributed by atoms with van der Waals surface area (Å²) < 4.78 is 5.92. The van der Waals surface area contributed by atoms with Crippen LogP contribution >= 0.6 is 0 Å². The van der Waals surface area contributed by atoms with E-state index in [-0.39, 0.29) is 11.3 Å². The molecule has 0 saturated heterocycles. The Morgan fingerprint density at radius 3 is 2.35 bits per heavy atom. The molecule has 3 heteroatoms. The normalized spacial score (nSPS) is 23.2. The quantitative estimate of drug-likeness (QED) is 0.364. The van der Waals surface area contributed by atoms with Crippen LogP contribution in [0.4, 0.5) is 0 Å². The largest absolute Gasteiger partial charge is 0.455 e. The predicted molar refractivity (Wildman–Crippen MR) is 105 cm³/mol. The molecule has 26 heavy (non-hydrogen) atoms. The third-order valence-corrected chi connectivity index (χ3v) is 5.85. The molecule has 0 aliphatic heterocycles. The van der Waals surface area contributed by atoms with E-state index >= 15 is 0 Å². The van der Waals surface area contributed by atoms with Crippen LogP contribution in [0.15, 0.2) is 52.0 Å². The maximum absolute atomic E-state index is 9.65. The number of hydrogen-bond acceptors (Lipinski definition) is 3. The summed E-state index contributed by atoms with van der Waals surface area (Å²) >= 11 is 0. The van der Waals surface area contributed by atoms with Gasteiger partial charge in [-0.05, 0) is 67.9 Å². The van der Waals surface area contributed by atoms with Gasteiger partial charge in [-0.3, -0.25) is 0 Å². The highest BCUT2D eigenvalue weighted by atomic mass is 16.4. The van der Waals surface area contributed by atoms with E-state index in [0.29, 0.717) is 11.5 Å². The van der Waals surface area contributed by atoms with Crippen molar-refractivity contribution in [3.05, 3.63) is 70.5 Å². The Bertz CT molecular complexity index is 950. The van der Waals surface area contributed by atoms with Crippen LogP contribution in [-0.4, -0.2) is 10.9 Å². The fourth-order valence-electron chi connectivity index (χ4n) is 5.00. The summed E-state index contributed by atoms with van der Waals surface area (Å²) in [7, 11) is 0. The van der Waals surface area contributed by atoms with Crippen LogP contribution in [0.3, 0.4) is 0 Å². The fourth-order valence-corrected chi connectivity index (χ4v) is 5.00. The smallest absolute Gasteiger partial charge is 0.153 e. The van der Waals surface area contributed by atoms with Gasteiger partial charge in [0.05, 0.1) is 0 Å². The number of oxime groups is 1. The summed E-state index contributed by atoms with van der Waals surface area (Å²) in [6, 6.07) is 14.4. The van der Waals surface area contributed by atoms with Crippen molar-refractivity contribution in [1.29, 1.82) is 0 Å². The van der Waals surface area contributed by atoms with E-state index in [1.807, 2.05) is 30.3 Å². The standard InChI is InChI=1S/C23H25NO2/c1-14-9-15(2)21(16(3)10-14)23(4)12-18(13-23)22(24-25)20-11-17-7-5-6-8-19(17)26-20/h5-11,18,25H,12-13H2,1-4H3/b24-22+. The number of benzene rings is 2. The molecule has 3 nitrogen and oxygen atoms in total. The van der Waals surface area contributed by atoms with Crippen molar-refractivity contribution in [3.63, 3.8) is 0 Å². The Balaban J connectivity index is 1.62. The minimum atomic E-state index is 0.120. The van der Waals surface area contributed by atoms with Crippen molar-refractivity contribution in [2.24, 2.45) is 11.1 Å². The van der Waals surface area contributed by atoms with Gasteiger partial charge in [-0.25, -0.2) is 0 Å². The Morgan fingerprint density at radius 2 is 1.73 bits per heavy atom. The molecule has 1 saturated carbocycles. The first-order valence-electron chi connectivity index (χ1n) is 9.20. The fraction of sp³-hybridized carbons (Fsp3) is 0.348. The maximum Gasteiger partial charge on any atom is 0.153 e. The molecule has 3 aromatic rings. The average molecular weight is 347 g/mol. The Labute approximate surface area is 154 Å². The van der Waals surface area contributed by atoms with Crippen molar-refractivity contribution < 1.29 is 9.62 Å². The van der Waals surface area contributed by atoms with Gasteiger partial charge in [0, 0.05) is 11.3 Å². The van der Waals surface area contributed by atoms with Crippen LogP contribution < -0.4 is 0 Å². The third kappa shape index (κ3) is 2.63. The van der Waals surface area contributed by atoms with Gasteiger partial charge in [-0.15, -0.1) is 0 Å². The van der Waals surface area contributed by atoms with E-state index in [0.717, 1.165) is 23.8 Å². The van der Waals surface area contributed by atoms with Gasteiger partial charge in [0.15, 0.2) is 5.76 Å². The number of furan rings is 1. The first kappa shape index (κ1) is 16.9. The highest BCUT2D eigenvalue weighted by Gasteiger charge is 2.46. The van der Waals surface area contributed by atoms with Crippen molar-refractivity contribution in [2.45, 2.75) is 46.0 Å². The highest BCUT2D eigenvalue weighted by molar-refractivity contribution is 6.03. The van der Waals surface area contributed by atoms with E-state index in [9.17, 15) is 5.21 Å². The lowest BCUT2D eigenvalue weighted by Gasteiger charge is -2.47. The zero-order chi connectivity index (χ0) is 18.5. The number of rotatable bonds is 3. The molecule has 0 amide bonds. The molecule has 134 valence electrons. The van der Waals surface area contributed by atoms with Crippen LogP contribution in [0, 0.1) is 26.7 Å². The molecule has 0 radical (unpaired) electrons. The average Bonchev–Trinajstić information content (AvgIpc) is 2.96. The molecule has 1 heterocycles. The van der Waals surface area contributed by atoms with E-state index in [4.69, 9.17) is 4.42 Å². The number of para-hydroxylation sites is 1. The second kappa shape index (κ2) is 6.01. The molecule has 1 aromatic heterocycles. The van der Waals surface area contributed by atoms with E-state index < -0.39 is 0 Å². The lowest BCUT2D eigenvalue weighted by atomic mass is 9.57. The van der Waals surface area contributed by atoms with Gasteiger partial charge in [0.25, 0.3) is 0 Å². The first-order chi connectivity index (χ1) is 12.4. The number of nitrogens with zero attached hydrogens (tertiary/aromatic N) is 1. The Kier molecular flexibility index (Phi) is 3.91. The van der Waals surface area contributed by atoms with Gasteiger partial charge in [0.2, 0.25) is 0 Å². The predicted octanol–water partition coefficient (Wildman–Crippen LogP) is 5.90. The molecule has 1 fully saturated rings. The first-order valence-corrected chi connectivity index (χ1v) is 9.20. The van der Waals surface area contributed by atoms with Gasteiger partial charge < -0.3 is 9.62 Å². The van der Waals surface area contributed by atoms with Crippen LogP contribution in [-0.2, 0) is 5.41 Å². The second-order valence-electron chi connectivity index (χ2n) is 8.07. The minimum Gasteiger partial charge on any atom is -0.455 e. The van der Waals surface area contributed by atoms with Crippen molar-refractivity contribution >= 4 is 16.7 Å². The van der Waals surface area contributed by atoms with Crippen LogP contribution in [0.1, 0.15) is 47.8 Å². The summed E-state index contributed by atoms with van der Waals surface area (Å²) in [6.07, 6.45) is 1.93. The van der Waals surface area contributed by atoms with Gasteiger partial charge in [-0.2, -0.15) is 0 Å². The molecular formula is C23H25NO2. The highest BCUT2D eigenvalue weighted by Crippen LogP contribution is 2.51. The van der Waals surface area contributed by atoms with E-state index in [1.54, 1.807) is 0 Å². The van der Waals surface area contributed by atoms with Crippen molar-refractivity contribution in [1.82, 2.24) is 0 Å². The van der Waals surface area contributed by atoms with Gasteiger partial charge in [0.1, 0.15) is 11.3 Å². The lowest BCUT2D eigenvalue weighted by Crippen LogP contribution is -2.43. The van der Waals surface area contributed by atoms with E-state index in [2.05, 4.69) is 45.0 Å². The van der Waals surface area contributed by atoms with E-state index in [1.165, 1.54) is 22.3 Å². The second-order valence-corrected chi connectivity index (χ2v) is 8.07. The molecule has 0 bridgehead atoms. The summed E-state index contributed by atoms with van der Waals surface area (Å²) in [4.78, 5) is 0. The molecule has 0 spiro atoms. The minimum absolute atomic E-state index is 0.120. The van der Waals surface area contributed by atoms with Gasteiger partial charge >= 0.3 is 0 Å². The zero-order valence-corrected chi connectivity index (χ0v) is 15.8. The summed E-state index contributed by atoms with van der Waals surface area (Å²) in [5.41, 5.74) is 7.08. The SMILES string of the molecule is Cc1cc(C)c(C2(C)CC(/C(=N\O)c3cc4ccccc4o3)C2)c(C)c1. The summed E-state index contributed by atoms with van der Waals surface area (Å²) in [6.45, 7) is 8.87. The summed E-state index contributed by atoms with van der Waals surface area (Å²) in [5, 5.41) is 14.3. The van der Waals surface area contributed by atoms with Gasteiger partial charge in [-0.1, -0.05) is 48.0 Å². The van der Waals surface area contributed by atoms with Crippen LogP contribution in [0.5, 0.6) is 0 Å². The monoisotopic (exact) mass is 347 g/mol. The van der Waals surface area contributed by atoms with Crippen molar-refractivity contribution in [3.8, 4) is 0 Å². The summed E-state index contributed by atoms with van der Waals surface area (Å²) in [5.74, 6) is 0.892. The number of hydrogen-bond donors (Lipinski definition) is 1. The topological polar surface area (TPSA) is 45.7 Å². The lowest BCUT2D eigenvalue weighted by molar-refractivity contribution is 0.207. The molecule has 2 aromatic carbocycles. The van der Waals surface area contributed by atoms with Crippen molar-refractivity contribution in [2.75, 3.05) is 0 Å². The maximum atomic E-state index is 9.65. The van der Waals surface area contributed by atoms with Crippen LogP contribution in [0.2, 0.25) is 0 Å². The number of aryl methyl sites for hydroxylation is 3. The molecule has 4 rings (SSSR count). The third-order valence-electron chi connectivity index (χ3n) is 5.85. The molecule has 1 aliphatic rings. The van der Waals surface area contributed by atoms with Crippen LogP contribution in [0.25, 0.3) is 11.0 Å². The molecule has 1 N–H and O–H groups in total. The Morgan fingerprint density at radius 1 is 1.08 bits per heavy atom. The number of fused-ring (bicyclic) bond motifs is 1. The molecular weight excluding hydrogens is 322 g/mol. The molecule has 1 aliphatic carbocycles. The zero-order valence-electron chi connectivity index (χ0n) is 15.8. The molecule has 0 unspecified atom stereocenters. The Hall–Kier alpha value is -2.55.